The van der Waals surface area contributed by atoms with E-state index in [2.05, 4.69) is 15.6 Å². The van der Waals surface area contributed by atoms with Crippen LogP contribution in [0.2, 0.25) is 0 Å². The number of methoxy groups -OCH3 is 1. The normalized spacial score (nSPS) is 15.7. The van der Waals surface area contributed by atoms with Crippen LogP contribution in [0.5, 0.6) is 5.88 Å². The molecule has 2 heterocycles. The van der Waals surface area contributed by atoms with Crippen LogP contribution in [0.3, 0.4) is 0 Å². The molecule has 0 saturated carbocycles. The van der Waals surface area contributed by atoms with Gasteiger partial charge in [-0.25, -0.2) is 9.78 Å². The van der Waals surface area contributed by atoms with Crippen molar-refractivity contribution in [1.29, 1.82) is 0 Å². The van der Waals surface area contributed by atoms with E-state index in [0.717, 1.165) is 31.5 Å². The smallest absolute Gasteiger partial charge is 0.315 e. The van der Waals surface area contributed by atoms with Gasteiger partial charge in [-0.05, 0) is 37.8 Å². The Morgan fingerprint density at radius 3 is 2.78 bits per heavy atom. The van der Waals surface area contributed by atoms with Gasteiger partial charge < -0.3 is 20.3 Å². The van der Waals surface area contributed by atoms with Crippen molar-refractivity contribution in [2.45, 2.75) is 38.8 Å². The molecule has 7 heteroatoms. The summed E-state index contributed by atoms with van der Waals surface area (Å²) in [5.41, 5.74) is 0.877. The first-order chi connectivity index (χ1) is 11.1. The van der Waals surface area contributed by atoms with Gasteiger partial charge in [-0.15, -0.1) is 0 Å². The van der Waals surface area contributed by atoms with Gasteiger partial charge in [-0.3, -0.25) is 4.79 Å². The number of nitrogens with one attached hydrogen (secondary N) is 2. The maximum Gasteiger partial charge on any atom is 0.315 e. The first-order valence-electron chi connectivity index (χ1n) is 7.92. The Morgan fingerprint density at radius 1 is 1.35 bits per heavy atom. The summed E-state index contributed by atoms with van der Waals surface area (Å²) < 4.78 is 5.04. The third-order valence-corrected chi connectivity index (χ3v) is 3.85. The van der Waals surface area contributed by atoms with Crippen molar-refractivity contribution in [3.8, 4) is 5.88 Å². The molecular weight excluding hydrogens is 296 g/mol. The molecule has 126 valence electrons. The van der Waals surface area contributed by atoms with Crippen LogP contribution in [-0.2, 0) is 11.3 Å². The number of likely N-dealkylation sites (tertiary alicyclic amines) is 1. The minimum absolute atomic E-state index is 0.0227. The molecule has 0 aliphatic carbocycles. The van der Waals surface area contributed by atoms with Crippen LogP contribution in [0.1, 0.15) is 31.7 Å². The second-order valence-electron chi connectivity index (χ2n) is 5.64. The third kappa shape index (κ3) is 5.12. The van der Waals surface area contributed by atoms with E-state index in [1.807, 2.05) is 4.90 Å². The van der Waals surface area contributed by atoms with Crippen molar-refractivity contribution in [2.24, 2.45) is 0 Å². The molecule has 1 fully saturated rings. The average Bonchev–Trinajstić information content (AvgIpc) is 2.60. The van der Waals surface area contributed by atoms with Gasteiger partial charge in [0.1, 0.15) is 6.04 Å². The largest absolute Gasteiger partial charge is 0.481 e. The Bertz CT molecular complexity index is 544. The Kier molecular flexibility index (Phi) is 6.19. The van der Waals surface area contributed by atoms with Crippen LogP contribution in [0.4, 0.5) is 4.79 Å². The lowest BCUT2D eigenvalue weighted by atomic mass is 10.1. The first-order valence-corrected chi connectivity index (χ1v) is 7.92. The molecule has 0 radical (unpaired) electrons. The fourth-order valence-corrected chi connectivity index (χ4v) is 2.55. The summed E-state index contributed by atoms with van der Waals surface area (Å²) in [4.78, 5) is 30.0. The molecule has 3 amide bonds. The highest BCUT2D eigenvalue weighted by Gasteiger charge is 2.23. The number of ether oxygens (including phenoxy) is 1. The number of pyridine rings is 1. The highest BCUT2D eigenvalue weighted by atomic mass is 16.5. The van der Waals surface area contributed by atoms with Crippen molar-refractivity contribution in [2.75, 3.05) is 20.2 Å². The summed E-state index contributed by atoms with van der Waals surface area (Å²) in [5.74, 6) is 0.476. The SMILES string of the molecule is COc1cc(CNC(=O)N[C@@H](C)C(=O)N2CCCCC2)ccn1. The van der Waals surface area contributed by atoms with Gasteiger partial charge >= 0.3 is 6.03 Å². The van der Waals surface area contributed by atoms with E-state index in [9.17, 15) is 9.59 Å². The number of aromatic nitrogens is 1. The van der Waals surface area contributed by atoms with Crippen molar-refractivity contribution in [3.05, 3.63) is 23.9 Å². The minimum Gasteiger partial charge on any atom is -0.481 e. The molecule has 1 aliphatic heterocycles. The van der Waals surface area contributed by atoms with Crippen LogP contribution >= 0.6 is 0 Å². The third-order valence-electron chi connectivity index (χ3n) is 3.85. The van der Waals surface area contributed by atoms with Gasteiger partial charge in [-0.1, -0.05) is 0 Å². The van der Waals surface area contributed by atoms with Gasteiger partial charge in [0.2, 0.25) is 11.8 Å². The molecule has 0 spiro atoms. The number of piperidine rings is 1. The van der Waals surface area contributed by atoms with Crippen molar-refractivity contribution < 1.29 is 14.3 Å². The lowest BCUT2D eigenvalue weighted by Crippen LogP contribution is -2.50. The van der Waals surface area contributed by atoms with E-state index >= 15 is 0 Å². The second-order valence-corrected chi connectivity index (χ2v) is 5.64. The zero-order chi connectivity index (χ0) is 16.7. The molecule has 2 rings (SSSR count). The summed E-state index contributed by atoms with van der Waals surface area (Å²) >= 11 is 0. The lowest BCUT2D eigenvalue weighted by molar-refractivity contribution is -0.133. The number of rotatable bonds is 5. The molecule has 1 saturated heterocycles. The number of carbonyl (C=O) groups excluding carboxylic acids is 2. The van der Waals surface area contributed by atoms with Gasteiger partial charge in [0.05, 0.1) is 7.11 Å². The molecule has 1 atom stereocenters. The van der Waals surface area contributed by atoms with Crippen molar-refractivity contribution in [1.82, 2.24) is 20.5 Å². The predicted octanol–water partition coefficient (Wildman–Crippen LogP) is 1.29. The topological polar surface area (TPSA) is 83.6 Å². The summed E-state index contributed by atoms with van der Waals surface area (Å²) in [7, 11) is 1.54. The standard InChI is InChI=1S/C16H24N4O3/c1-12(15(21)20-8-4-3-5-9-20)19-16(22)18-11-13-6-7-17-14(10-13)23-2/h6-7,10,12H,3-5,8-9,11H2,1-2H3,(H2,18,19,22)/t12-/m0/s1. The quantitative estimate of drug-likeness (QED) is 0.856. The lowest BCUT2D eigenvalue weighted by Gasteiger charge is -2.29. The minimum atomic E-state index is -0.528. The monoisotopic (exact) mass is 320 g/mol. The van der Waals surface area contributed by atoms with Crippen LogP contribution in [0.25, 0.3) is 0 Å². The molecule has 1 aromatic rings. The van der Waals surface area contributed by atoms with Crippen LogP contribution in [0, 0.1) is 0 Å². The summed E-state index contributed by atoms with van der Waals surface area (Å²) in [6, 6.07) is 2.66. The molecule has 2 N–H and O–H groups in total. The number of urea groups is 1. The van der Waals surface area contributed by atoms with Gasteiger partial charge in [0.15, 0.2) is 0 Å². The maximum absolute atomic E-state index is 12.2. The molecule has 0 unspecified atom stereocenters. The maximum atomic E-state index is 12.2. The van der Waals surface area contributed by atoms with E-state index in [4.69, 9.17) is 4.74 Å². The molecule has 0 bridgehead atoms. The number of amides is 3. The number of hydrogen-bond acceptors (Lipinski definition) is 4. The van der Waals surface area contributed by atoms with Gasteiger partial charge in [-0.2, -0.15) is 0 Å². The van der Waals surface area contributed by atoms with E-state index in [1.54, 1.807) is 32.4 Å². The van der Waals surface area contributed by atoms with Crippen LogP contribution in [-0.4, -0.2) is 48.1 Å². The number of nitrogens with zero attached hydrogens (tertiary/aromatic N) is 2. The molecule has 0 aromatic carbocycles. The Labute approximate surface area is 136 Å². The first kappa shape index (κ1) is 17.1. The van der Waals surface area contributed by atoms with Gasteiger partial charge in [0.25, 0.3) is 0 Å². The van der Waals surface area contributed by atoms with Crippen molar-refractivity contribution >= 4 is 11.9 Å². The summed E-state index contributed by atoms with van der Waals surface area (Å²) in [5, 5.41) is 5.42. The van der Waals surface area contributed by atoms with E-state index in [-0.39, 0.29) is 11.9 Å². The number of carbonyl (C=O) groups is 2. The summed E-state index contributed by atoms with van der Waals surface area (Å²) in [6.07, 6.45) is 4.86. The zero-order valence-corrected chi connectivity index (χ0v) is 13.7. The Hall–Kier alpha value is -2.31. The van der Waals surface area contributed by atoms with E-state index in [1.165, 1.54) is 6.42 Å². The van der Waals surface area contributed by atoms with Crippen LogP contribution < -0.4 is 15.4 Å². The Morgan fingerprint density at radius 2 is 2.09 bits per heavy atom. The molecule has 1 aromatic heterocycles. The molecule has 1 aliphatic rings. The summed E-state index contributed by atoms with van der Waals surface area (Å²) in [6.45, 7) is 3.62. The fraction of sp³-hybridized carbons (Fsp3) is 0.562. The van der Waals surface area contributed by atoms with E-state index < -0.39 is 6.04 Å². The molecule has 7 nitrogen and oxygen atoms in total. The highest BCUT2D eigenvalue weighted by molar-refractivity contribution is 5.86. The highest BCUT2D eigenvalue weighted by Crippen LogP contribution is 2.10. The van der Waals surface area contributed by atoms with Crippen LogP contribution in [0.15, 0.2) is 18.3 Å². The molecule has 23 heavy (non-hydrogen) atoms. The molecular formula is C16H24N4O3. The second kappa shape index (κ2) is 8.36. The van der Waals surface area contributed by atoms with E-state index in [0.29, 0.717) is 12.4 Å². The fourth-order valence-electron chi connectivity index (χ4n) is 2.55. The number of hydrogen-bond donors (Lipinski definition) is 2. The van der Waals surface area contributed by atoms with Gasteiger partial charge in [0, 0.05) is 31.9 Å². The Balaban J connectivity index is 1.78. The zero-order valence-electron chi connectivity index (χ0n) is 13.7. The van der Waals surface area contributed by atoms with Crippen molar-refractivity contribution in [3.63, 3.8) is 0 Å². The average molecular weight is 320 g/mol. The predicted molar refractivity (Wildman–Crippen MR) is 86.1 cm³/mol.